The van der Waals surface area contributed by atoms with Crippen molar-refractivity contribution in [2.45, 2.75) is 38.4 Å². The van der Waals surface area contributed by atoms with Crippen molar-refractivity contribution in [1.82, 2.24) is 10.2 Å². The largest absolute Gasteiger partial charge is 0.340 e. The molecule has 3 aliphatic rings. The van der Waals surface area contributed by atoms with E-state index in [2.05, 4.69) is 35.1 Å². The van der Waals surface area contributed by atoms with Crippen LogP contribution in [0, 0.1) is 16.2 Å². The first-order valence-electron chi connectivity index (χ1n) is 7.47. The van der Waals surface area contributed by atoms with Crippen molar-refractivity contribution in [2.24, 2.45) is 16.2 Å². The Bertz CT molecular complexity index is 472. The summed E-state index contributed by atoms with van der Waals surface area (Å²) in [5, 5.41) is 3.28. The predicted molar refractivity (Wildman–Crippen MR) is 80.7 cm³/mol. The Labute approximate surface area is 128 Å². The normalized spacial score (nSPS) is 43.1. The summed E-state index contributed by atoms with van der Waals surface area (Å²) in [7, 11) is 0. The minimum absolute atomic E-state index is 0.181. The van der Waals surface area contributed by atoms with Crippen LogP contribution in [-0.4, -0.2) is 47.6 Å². The van der Waals surface area contributed by atoms with E-state index in [1.54, 1.807) is 0 Å². The minimum Gasteiger partial charge on any atom is -0.340 e. The predicted octanol–water partition coefficient (Wildman–Crippen LogP) is 1.58. The average Bonchev–Trinajstić information content (AvgIpc) is 2.71. The van der Waals surface area contributed by atoms with Gasteiger partial charge in [0.05, 0.1) is 10.2 Å². The number of hydrogen-bond donors (Lipinski definition) is 1. The SMILES string of the molecule is CC1(C)[C@]2(C(=O)N3CCNCC3)CC[C@]1(C)C(=O)[C@H]2Br. The van der Waals surface area contributed by atoms with Crippen molar-refractivity contribution in [3.63, 3.8) is 0 Å². The Kier molecular flexibility index (Phi) is 3.11. The molecule has 3 atom stereocenters. The van der Waals surface area contributed by atoms with Gasteiger partial charge in [-0.05, 0) is 18.3 Å². The Hall–Kier alpha value is -0.420. The molecule has 3 fully saturated rings. The van der Waals surface area contributed by atoms with E-state index in [-0.39, 0.29) is 27.3 Å². The van der Waals surface area contributed by atoms with Crippen LogP contribution in [0.3, 0.4) is 0 Å². The summed E-state index contributed by atoms with van der Waals surface area (Å²) in [6, 6.07) is 0. The highest BCUT2D eigenvalue weighted by molar-refractivity contribution is 9.10. The van der Waals surface area contributed by atoms with Crippen molar-refractivity contribution < 1.29 is 9.59 Å². The highest BCUT2D eigenvalue weighted by atomic mass is 79.9. The van der Waals surface area contributed by atoms with Gasteiger partial charge in [-0.3, -0.25) is 9.59 Å². The molecule has 5 heteroatoms. The highest BCUT2D eigenvalue weighted by Gasteiger charge is 2.77. The van der Waals surface area contributed by atoms with Crippen LogP contribution in [0.4, 0.5) is 0 Å². The molecular formula is C15H23BrN2O2. The van der Waals surface area contributed by atoms with E-state index in [0.29, 0.717) is 0 Å². The number of carbonyl (C=O) groups excluding carboxylic acids is 2. The quantitative estimate of drug-likeness (QED) is 0.736. The van der Waals surface area contributed by atoms with Gasteiger partial charge in [0.25, 0.3) is 0 Å². The first kappa shape index (κ1) is 14.5. The zero-order chi connectivity index (χ0) is 14.8. The summed E-state index contributed by atoms with van der Waals surface area (Å²) in [6.07, 6.45) is 1.65. The maximum atomic E-state index is 13.2. The molecule has 0 aromatic heterocycles. The molecule has 1 N–H and O–H groups in total. The number of hydrogen-bond acceptors (Lipinski definition) is 3. The standard InChI is InChI=1S/C15H23BrN2O2/c1-13(2)14(3)4-5-15(13,10(16)11(14)19)12(20)18-8-6-17-7-9-18/h10,17H,4-9H2,1-3H3/t10-,14-,15-/m1/s1. The Morgan fingerprint density at radius 1 is 1.25 bits per heavy atom. The van der Waals surface area contributed by atoms with Gasteiger partial charge in [-0.2, -0.15) is 0 Å². The van der Waals surface area contributed by atoms with Crippen LogP contribution >= 0.6 is 15.9 Å². The number of rotatable bonds is 1. The van der Waals surface area contributed by atoms with Crippen LogP contribution < -0.4 is 5.32 Å². The number of halogens is 1. The zero-order valence-corrected chi connectivity index (χ0v) is 14.0. The lowest BCUT2D eigenvalue weighted by Crippen LogP contribution is -2.56. The minimum atomic E-state index is -0.559. The van der Waals surface area contributed by atoms with Crippen molar-refractivity contribution in [3.05, 3.63) is 0 Å². The smallest absolute Gasteiger partial charge is 0.231 e. The lowest BCUT2D eigenvalue weighted by Gasteiger charge is -2.43. The number of amides is 1. The molecule has 1 saturated heterocycles. The molecule has 20 heavy (non-hydrogen) atoms. The summed E-state index contributed by atoms with van der Waals surface area (Å²) in [5.74, 6) is 0.401. The van der Waals surface area contributed by atoms with Crippen LogP contribution in [0.5, 0.6) is 0 Å². The highest BCUT2D eigenvalue weighted by Crippen LogP contribution is 2.72. The summed E-state index contributed by atoms with van der Waals surface area (Å²) >= 11 is 3.58. The molecule has 0 spiro atoms. The molecular weight excluding hydrogens is 320 g/mol. The van der Waals surface area contributed by atoms with Gasteiger partial charge in [0, 0.05) is 31.6 Å². The number of nitrogens with zero attached hydrogens (tertiary/aromatic N) is 1. The van der Waals surface area contributed by atoms with Gasteiger partial charge < -0.3 is 10.2 Å². The van der Waals surface area contributed by atoms with Gasteiger partial charge in [-0.1, -0.05) is 36.7 Å². The maximum absolute atomic E-state index is 13.2. The van der Waals surface area contributed by atoms with E-state index in [1.807, 2.05) is 11.8 Å². The van der Waals surface area contributed by atoms with E-state index >= 15 is 0 Å². The number of ketones is 1. The van der Waals surface area contributed by atoms with Crippen LogP contribution in [0.25, 0.3) is 0 Å². The van der Waals surface area contributed by atoms with Crippen molar-refractivity contribution in [2.75, 3.05) is 26.2 Å². The number of fused-ring (bicyclic) bond motifs is 2. The molecule has 0 aromatic rings. The second kappa shape index (κ2) is 4.29. The molecule has 1 amide bonds. The first-order chi connectivity index (χ1) is 9.29. The van der Waals surface area contributed by atoms with Crippen LogP contribution in [0.15, 0.2) is 0 Å². The summed E-state index contributed by atoms with van der Waals surface area (Å²) < 4.78 is 0. The summed E-state index contributed by atoms with van der Waals surface area (Å²) in [5.41, 5.74) is -1.21. The number of Topliss-reactive ketones (excluding diaryl/α,β-unsaturated/α-hetero) is 1. The second-order valence-corrected chi connectivity index (χ2v) is 8.11. The molecule has 1 aliphatic heterocycles. The number of piperazine rings is 1. The molecule has 2 bridgehead atoms. The third-order valence-corrected chi connectivity index (χ3v) is 7.70. The van der Waals surface area contributed by atoms with Gasteiger partial charge in [0.1, 0.15) is 0 Å². The molecule has 112 valence electrons. The fourth-order valence-electron chi connectivity index (χ4n) is 4.58. The van der Waals surface area contributed by atoms with Crippen LogP contribution in [-0.2, 0) is 9.59 Å². The van der Waals surface area contributed by atoms with E-state index in [0.717, 1.165) is 39.0 Å². The van der Waals surface area contributed by atoms with E-state index in [1.165, 1.54) is 0 Å². The molecule has 4 nitrogen and oxygen atoms in total. The lowest BCUT2D eigenvalue weighted by atomic mass is 9.64. The number of nitrogens with one attached hydrogen (secondary N) is 1. The van der Waals surface area contributed by atoms with Crippen molar-refractivity contribution in [3.8, 4) is 0 Å². The third-order valence-electron chi connectivity index (χ3n) is 6.51. The van der Waals surface area contributed by atoms with Crippen LogP contribution in [0.1, 0.15) is 33.6 Å². The lowest BCUT2D eigenvalue weighted by molar-refractivity contribution is -0.147. The van der Waals surface area contributed by atoms with Crippen molar-refractivity contribution >= 4 is 27.6 Å². The first-order valence-corrected chi connectivity index (χ1v) is 8.39. The zero-order valence-electron chi connectivity index (χ0n) is 12.5. The third kappa shape index (κ3) is 1.41. The van der Waals surface area contributed by atoms with E-state index < -0.39 is 5.41 Å². The van der Waals surface area contributed by atoms with Gasteiger partial charge in [0.2, 0.25) is 5.91 Å². The topological polar surface area (TPSA) is 49.4 Å². The van der Waals surface area contributed by atoms with Gasteiger partial charge >= 0.3 is 0 Å². The molecule has 0 radical (unpaired) electrons. The Morgan fingerprint density at radius 2 is 1.85 bits per heavy atom. The molecule has 0 aromatic carbocycles. The molecule has 2 aliphatic carbocycles. The molecule has 2 saturated carbocycles. The fraction of sp³-hybridized carbons (Fsp3) is 0.867. The summed E-state index contributed by atoms with van der Waals surface area (Å²) in [4.78, 5) is 27.5. The monoisotopic (exact) mass is 342 g/mol. The van der Waals surface area contributed by atoms with Gasteiger partial charge in [-0.15, -0.1) is 0 Å². The fourth-order valence-corrected chi connectivity index (χ4v) is 6.08. The van der Waals surface area contributed by atoms with E-state index in [9.17, 15) is 9.59 Å². The Balaban J connectivity index is 2.02. The van der Waals surface area contributed by atoms with Gasteiger partial charge in [-0.25, -0.2) is 0 Å². The van der Waals surface area contributed by atoms with Gasteiger partial charge in [0.15, 0.2) is 5.78 Å². The summed E-state index contributed by atoms with van der Waals surface area (Å²) in [6.45, 7) is 9.46. The average molecular weight is 343 g/mol. The molecule has 0 unspecified atom stereocenters. The maximum Gasteiger partial charge on any atom is 0.231 e. The number of carbonyl (C=O) groups is 2. The Morgan fingerprint density at radius 3 is 2.35 bits per heavy atom. The van der Waals surface area contributed by atoms with Crippen LogP contribution in [0.2, 0.25) is 0 Å². The van der Waals surface area contributed by atoms with Crippen molar-refractivity contribution in [1.29, 1.82) is 0 Å². The molecule has 3 rings (SSSR count). The van der Waals surface area contributed by atoms with E-state index in [4.69, 9.17) is 0 Å². The second-order valence-electron chi connectivity index (χ2n) is 7.20. The molecule has 1 heterocycles. The number of alkyl halides is 1.